The third kappa shape index (κ3) is 2.71. The number of non-ortho nitro benzene ring substituents is 1. The van der Waals surface area contributed by atoms with Gasteiger partial charge in [0.15, 0.2) is 5.43 Å². The Labute approximate surface area is 157 Å². The molecule has 2 aromatic carbocycles. The van der Waals surface area contributed by atoms with Gasteiger partial charge in [-0.05, 0) is 30.7 Å². The second kappa shape index (κ2) is 6.34. The first kappa shape index (κ1) is 17.5. The molecule has 4 aromatic rings. The molecule has 0 radical (unpaired) electrons. The fourth-order valence-electron chi connectivity index (χ4n) is 3.19. The van der Waals surface area contributed by atoms with Crippen LogP contribution < -0.4 is 15.7 Å². The monoisotopic (exact) mass is 378 g/mol. The maximum atomic E-state index is 12.5. The summed E-state index contributed by atoms with van der Waals surface area (Å²) in [5, 5.41) is 19.8. The molecule has 0 bridgehead atoms. The van der Waals surface area contributed by atoms with Crippen LogP contribution in [0.25, 0.3) is 33.1 Å². The molecule has 2 aromatic heterocycles. The van der Waals surface area contributed by atoms with E-state index in [1.165, 1.54) is 37.4 Å². The molecular formula is C20H14N2O6. The summed E-state index contributed by atoms with van der Waals surface area (Å²) in [6, 6.07) is 10.4. The molecule has 8 heteroatoms. The maximum Gasteiger partial charge on any atom is 0.269 e. The number of hydrogen-bond donors (Lipinski definition) is 1. The topological polar surface area (TPSA) is 120 Å². The van der Waals surface area contributed by atoms with Crippen molar-refractivity contribution in [2.45, 2.75) is 6.92 Å². The minimum absolute atomic E-state index is 0.0513. The summed E-state index contributed by atoms with van der Waals surface area (Å²) in [4.78, 5) is 22.8. The van der Waals surface area contributed by atoms with Crippen molar-refractivity contribution in [1.82, 2.24) is 0 Å². The van der Waals surface area contributed by atoms with E-state index in [9.17, 15) is 14.9 Å². The lowest BCUT2D eigenvalue weighted by atomic mass is 10.0. The zero-order chi connectivity index (χ0) is 20.0. The predicted molar refractivity (Wildman–Crippen MR) is 101 cm³/mol. The number of aryl methyl sites for hydroxylation is 1. The molecule has 0 fully saturated rings. The van der Waals surface area contributed by atoms with Gasteiger partial charge in [-0.3, -0.25) is 20.3 Å². The van der Waals surface area contributed by atoms with Gasteiger partial charge < -0.3 is 13.6 Å². The Morgan fingerprint density at radius 1 is 1.07 bits per heavy atom. The van der Waals surface area contributed by atoms with Crippen molar-refractivity contribution in [1.29, 1.82) is 5.41 Å². The predicted octanol–water partition coefficient (Wildman–Crippen LogP) is 3.91. The van der Waals surface area contributed by atoms with Crippen LogP contribution in [0.4, 0.5) is 5.69 Å². The lowest BCUT2D eigenvalue weighted by Gasteiger charge is -2.10. The second-order valence-electron chi connectivity index (χ2n) is 6.21. The van der Waals surface area contributed by atoms with Crippen LogP contribution in [0.5, 0.6) is 5.75 Å². The van der Waals surface area contributed by atoms with E-state index in [2.05, 4.69) is 0 Å². The van der Waals surface area contributed by atoms with Crippen molar-refractivity contribution in [3.63, 3.8) is 0 Å². The molecule has 0 saturated heterocycles. The standard InChI is InChI=1S/C20H14N2O6/c1-10-7-15(23)18-17(27-10)9-16-14(19(18)26-2)8-13(20(21)28-16)11-3-5-12(6-4-11)22(24)25/h3-9,21H,1-2H3. The molecule has 0 unspecified atom stereocenters. The van der Waals surface area contributed by atoms with Crippen molar-refractivity contribution in [2.24, 2.45) is 0 Å². The van der Waals surface area contributed by atoms with Crippen LogP contribution in [0.3, 0.4) is 0 Å². The van der Waals surface area contributed by atoms with Gasteiger partial charge in [-0.2, -0.15) is 0 Å². The number of nitrogens with one attached hydrogen (secondary N) is 1. The van der Waals surface area contributed by atoms with E-state index in [4.69, 9.17) is 19.0 Å². The highest BCUT2D eigenvalue weighted by Gasteiger charge is 2.17. The SMILES string of the molecule is COc1c2cc(-c3ccc([N+](=O)[O-])cc3)c(=N)oc2cc2oc(C)cc(=O)c12. The maximum absolute atomic E-state index is 12.5. The molecule has 140 valence electrons. The zero-order valence-electron chi connectivity index (χ0n) is 14.9. The lowest BCUT2D eigenvalue weighted by Crippen LogP contribution is -2.06. The van der Waals surface area contributed by atoms with Gasteiger partial charge in [0, 0.05) is 29.8 Å². The summed E-state index contributed by atoms with van der Waals surface area (Å²) >= 11 is 0. The first-order chi connectivity index (χ1) is 13.4. The molecular weight excluding hydrogens is 364 g/mol. The van der Waals surface area contributed by atoms with Crippen LogP contribution in [-0.4, -0.2) is 12.0 Å². The molecule has 0 spiro atoms. The third-order valence-corrected chi connectivity index (χ3v) is 4.44. The first-order valence-corrected chi connectivity index (χ1v) is 8.28. The number of methoxy groups -OCH3 is 1. The van der Waals surface area contributed by atoms with Crippen LogP contribution in [0.2, 0.25) is 0 Å². The van der Waals surface area contributed by atoms with Gasteiger partial charge in [0.2, 0.25) is 5.55 Å². The van der Waals surface area contributed by atoms with E-state index in [1.54, 1.807) is 19.1 Å². The van der Waals surface area contributed by atoms with Crippen molar-refractivity contribution < 1.29 is 18.5 Å². The lowest BCUT2D eigenvalue weighted by molar-refractivity contribution is -0.384. The van der Waals surface area contributed by atoms with Gasteiger partial charge >= 0.3 is 0 Å². The number of fused-ring (bicyclic) bond motifs is 2. The van der Waals surface area contributed by atoms with E-state index >= 15 is 0 Å². The van der Waals surface area contributed by atoms with Crippen molar-refractivity contribution in [2.75, 3.05) is 7.11 Å². The van der Waals surface area contributed by atoms with Gasteiger partial charge in [-0.15, -0.1) is 0 Å². The van der Waals surface area contributed by atoms with E-state index in [0.29, 0.717) is 33.4 Å². The molecule has 0 atom stereocenters. The molecule has 4 rings (SSSR count). The second-order valence-corrected chi connectivity index (χ2v) is 6.21. The molecule has 2 heterocycles. The quantitative estimate of drug-likeness (QED) is 0.328. The molecule has 0 amide bonds. The van der Waals surface area contributed by atoms with E-state index in [0.717, 1.165) is 0 Å². The minimum atomic E-state index is -0.493. The van der Waals surface area contributed by atoms with Gasteiger partial charge in [0.05, 0.1) is 17.4 Å². The highest BCUT2D eigenvalue weighted by atomic mass is 16.6. The van der Waals surface area contributed by atoms with Gasteiger partial charge in [0.1, 0.15) is 28.1 Å². The van der Waals surface area contributed by atoms with Crippen LogP contribution >= 0.6 is 0 Å². The van der Waals surface area contributed by atoms with Crippen molar-refractivity contribution in [3.05, 3.63) is 74.1 Å². The number of nitrogens with zero attached hydrogens (tertiary/aromatic N) is 1. The zero-order valence-corrected chi connectivity index (χ0v) is 14.9. The average Bonchev–Trinajstić information content (AvgIpc) is 2.65. The number of nitro benzene ring substituents is 1. The fourth-order valence-corrected chi connectivity index (χ4v) is 3.19. The summed E-state index contributed by atoms with van der Waals surface area (Å²) in [5.74, 6) is 0.737. The normalized spacial score (nSPS) is 11.1. The Bertz CT molecular complexity index is 1370. The summed E-state index contributed by atoms with van der Waals surface area (Å²) in [6.45, 7) is 1.67. The highest BCUT2D eigenvalue weighted by molar-refractivity contribution is 6.01. The Morgan fingerprint density at radius 2 is 1.79 bits per heavy atom. The minimum Gasteiger partial charge on any atom is -0.495 e. The van der Waals surface area contributed by atoms with Crippen LogP contribution in [-0.2, 0) is 0 Å². The van der Waals surface area contributed by atoms with Gasteiger partial charge in [-0.25, -0.2) is 0 Å². The van der Waals surface area contributed by atoms with E-state index in [1.807, 2.05) is 0 Å². The fraction of sp³-hybridized carbons (Fsp3) is 0.100. The Hall–Kier alpha value is -3.94. The Morgan fingerprint density at radius 3 is 2.43 bits per heavy atom. The molecule has 1 N–H and O–H groups in total. The van der Waals surface area contributed by atoms with E-state index < -0.39 is 4.92 Å². The molecule has 0 aliphatic rings. The average molecular weight is 378 g/mol. The summed E-state index contributed by atoms with van der Waals surface area (Å²) in [6.07, 6.45) is 0. The summed E-state index contributed by atoms with van der Waals surface area (Å²) in [7, 11) is 1.44. The largest absolute Gasteiger partial charge is 0.495 e. The van der Waals surface area contributed by atoms with Crippen LogP contribution in [0.1, 0.15) is 5.76 Å². The number of nitro groups is 1. The smallest absolute Gasteiger partial charge is 0.269 e. The molecule has 0 saturated carbocycles. The molecule has 28 heavy (non-hydrogen) atoms. The number of rotatable bonds is 3. The summed E-state index contributed by atoms with van der Waals surface area (Å²) < 4.78 is 16.7. The summed E-state index contributed by atoms with van der Waals surface area (Å²) in [5.41, 5.74) is 1.19. The van der Waals surface area contributed by atoms with Crippen molar-refractivity contribution >= 4 is 27.6 Å². The first-order valence-electron chi connectivity index (χ1n) is 8.28. The van der Waals surface area contributed by atoms with Gasteiger partial charge in [-0.1, -0.05) is 0 Å². The Kier molecular flexibility index (Phi) is 3.96. The van der Waals surface area contributed by atoms with Gasteiger partial charge in [0.25, 0.3) is 5.69 Å². The van der Waals surface area contributed by atoms with E-state index in [-0.39, 0.29) is 27.8 Å². The Balaban J connectivity index is 2.04. The molecule has 0 aliphatic carbocycles. The van der Waals surface area contributed by atoms with Crippen LogP contribution in [0.15, 0.2) is 56.1 Å². The molecule has 8 nitrogen and oxygen atoms in total. The highest BCUT2D eigenvalue weighted by Crippen LogP contribution is 2.34. The third-order valence-electron chi connectivity index (χ3n) is 4.44. The van der Waals surface area contributed by atoms with Crippen LogP contribution in [0, 0.1) is 22.4 Å². The number of hydrogen-bond acceptors (Lipinski definition) is 7. The number of ether oxygens (including phenoxy) is 1. The number of benzene rings is 2. The van der Waals surface area contributed by atoms with Crippen molar-refractivity contribution in [3.8, 4) is 16.9 Å². The molecule has 0 aliphatic heterocycles.